The van der Waals surface area contributed by atoms with Crippen molar-refractivity contribution in [1.82, 2.24) is 4.90 Å². The molecule has 3 heteroatoms. The summed E-state index contributed by atoms with van der Waals surface area (Å²) in [6.07, 6.45) is 5.75. The highest BCUT2D eigenvalue weighted by molar-refractivity contribution is 5.73. The van der Waals surface area contributed by atoms with Gasteiger partial charge < -0.3 is 10.0 Å². The molecule has 2 nitrogen and oxygen atoms in total. The lowest BCUT2D eigenvalue weighted by molar-refractivity contribution is 0.0912. The summed E-state index contributed by atoms with van der Waals surface area (Å²) < 4.78 is 12.7. The Morgan fingerprint density at radius 3 is 2.60 bits per heavy atom. The number of aliphatic hydroxyl groups is 1. The van der Waals surface area contributed by atoms with Crippen LogP contribution in [-0.4, -0.2) is 23.3 Å². The Bertz CT molecular complexity index is 408. The third-order valence-electron chi connectivity index (χ3n) is 2.30. The monoisotopic (exact) mass is 204 g/mol. The lowest BCUT2D eigenvalue weighted by atomic mass is 10.0. The summed E-state index contributed by atoms with van der Waals surface area (Å²) in [6.45, 7) is 0. The minimum absolute atomic E-state index is 0.267. The van der Waals surface area contributed by atoms with Crippen molar-refractivity contribution in [2.45, 2.75) is 6.23 Å². The molecule has 0 bridgehead atoms. The van der Waals surface area contributed by atoms with E-state index in [4.69, 9.17) is 0 Å². The van der Waals surface area contributed by atoms with Gasteiger partial charge in [0.15, 0.2) is 5.57 Å². The molecule has 76 valence electrons. The first kappa shape index (κ1) is 9.84. The fourth-order valence-corrected chi connectivity index (χ4v) is 1.37. The van der Waals surface area contributed by atoms with E-state index in [1.54, 1.807) is 30.3 Å². The Kier molecular flexibility index (Phi) is 2.50. The molecule has 2 rings (SSSR count). The van der Waals surface area contributed by atoms with Crippen LogP contribution < -0.4 is 0 Å². The summed E-state index contributed by atoms with van der Waals surface area (Å²) in [5.74, 6) is -0.267. The molecule has 0 aliphatic carbocycles. The largest absolute Gasteiger partial charge is 0.352 e. The van der Waals surface area contributed by atoms with Gasteiger partial charge in [0.25, 0.3) is 0 Å². The van der Waals surface area contributed by atoms with Crippen LogP contribution in [0.1, 0.15) is 5.56 Å². The summed E-state index contributed by atoms with van der Waals surface area (Å²) in [7, 11) is 1.76. The van der Waals surface area contributed by atoms with Gasteiger partial charge in [0.05, 0.1) is 23.9 Å². The number of allylic oxidation sites excluding steroid dienone is 2. The molecule has 0 saturated heterocycles. The van der Waals surface area contributed by atoms with E-state index >= 15 is 0 Å². The second-order valence-electron chi connectivity index (χ2n) is 3.42. The van der Waals surface area contributed by atoms with Crippen LogP contribution in [0.15, 0.2) is 36.5 Å². The molecule has 1 atom stereocenters. The van der Waals surface area contributed by atoms with Crippen molar-refractivity contribution in [3.63, 3.8) is 0 Å². The minimum atomic E-state index is -0.741. The van der Waals surface area contributed by atoms with E-state index in [-0.39, 0.29) is 5.82 Å². The van der Waals surface area contributed by atoms with Crippen LogP contribution in [0.3, 0.4) is 0 Å². The van der Waals surface area contributed by atoms with Crippen molar-refractivity contribution in [1.29, 1.82) is 0 Å². The Hall–Kier alpha value is -1.70. The van der Waals surface area contributed by atoms with Crippen LogP contribution in [0.2, 0.25) is 0 Å². The first-order valence-electron chi connectivity index (χ1n) is 4.64. The highest BCUT2D eigenvalue weighted by atomic mass is 19.1. The fourth-order valence-electron chi connectivity index (χ4n) is 1.37. The smallest absolute Gasteiger partial charge is 0.244 e. The molecule has 0 radical (unpaired) electrons. The molecule has 1 aliphatic heterocycles. The van der Waals surface area contributed by atoms with Crippen molar-refractivity contribution in [3.05, 3.63) is 54.0 Å². The third kappa shape index (κ3) is 2.04. The molecule has 1 unspecified atom stereocenters. The van der Waals surface area contributed by atoms with E-state index in [1.165, 1.54) is 12.1 Å². The first-order valence-corrected chi connectivity index (χ1v) is 4.64. The fraction of sp³-hybridized carbons (Fsp3) is 0.167. The van der Waals surface area contributed by atoms with E-state index < -0.39 is 6.23 Å². The molecule has 0 saturated carbocycles. The van der Waals surface area contributed by atoms with E-state index in [9.17, 15) is 9.50 Å². The van der Waals surface area contributed by atoms with Crippen LogP contribution in [-0.2, 0) is 0 Å². The Labute approximate surface area is 88.0 Å². The summed E-state index contributed by atoms with van der Waals surface area (Å²) in [5.41, 5.74) is 1.63. The summed E-state index contributed by atoms with van der Waals surface area (Å²) in [5, 5.41) is 9.53. The molecule has 1 aromatic carbocycles. The zero-order chi connectivity index (χ0) is 10.8. The van der Waals surface area contributed by atoms with Gasteiger partial charge in [-0.1, -0.05) is 0 Å². The van der Waals surface area contributed by atoms with Crippen molar-refractivity contribution >= 4 is 5.57 Å². The van der Waals surface area contributed by atoms with Gasteiger partial charge in [-0.3, -0.25) is 0 Å². The quantitative estimate of drug-likeness (QED) is 0.705. The van der Waals surface area contributed by atoms with Crippen LogP contribution >= 0.6 is 0 Å². The van der Waals surface area contributed by atoms with Gasteiger partial charge in [-0.15, -0.1) is 0 Å². The van der Waals surface area contributed by atoms with Gasteiger partial charge >= 0.3 is 0 Å². The zero-order valence-corrected chi connectivity index (χ0v) is 8.31. The number of likely N-dealkylation sites (N-methyl/N-ethyl adjacent to an activating group) is 1. The molecular weight excluding hydrogens is 193 g/mol. The average molecular weight is 204 g/mol. The number of benzene rings is 1. The molecule has 1 aromatic rings. The first-order chi connectivity index (χ1) is 7.16. The topological polar surface area (TPSA) is 23.5 Å². The molecule has 1 aliphatic rings. The molecule has 0 aromatic heterocycles. The lowest BCUT2D eigenvalue weighted by Crippen LogP contribution is -2.27. The van der Waals surface area contributed by atoms with Gasteiger partial charge in [0.2, 0.25) is 6.23 Å². The number of aliphatic hydroxyl groups excluding tert-OH is 1. The standard InChI is InChI=1S/C12H11FNO/c1-14-7-6-10(8-12(14)15)9-2-4-11(13)5-3-9/h2-7,12,15H,1H3/q+1. The summed E-state index contributed by atoms with van der Waals surface area (Å²) >= 11 is 0. The maximum absolute atomic E-state index is 12.7. The van der Waals surface area contributed by atoms with Crippen molar-refractivity contribution in [3.8, 4) is 0 Å². The Morgan fingerprint density at radius 2 is 2.00 bits per heavy atom. The molecule has 15 heavy (non-hydrogen) atoms. The predicted molar refractivity (Wildman–Crippen MR) is 56.0 cm³/mol. The highest BCUT2D eigenvalue weighted by Gasteiger charge is 2.20. The summed E-state index contributed by atoms with van der Waals surface area (Å²) in [4.78, 5) is 1.63. The maximum atomic E-state index is 12.7. The van der Waals surface area contributed by atoms with E-state index in [1.807, 2.05) is 6.08 Å². The van der Waals surface area contributed by atoms with Gasteiger partial charge in [0.1, 0.15) is 5.82 Å². The zero-order valence-electron chi connectivity index (χ0n) is 8.31. The van der Waals surface area contributed by atoms with Crippen molar-refractivity contribution in [2.75, 3.05) is 7.05 Å². The molecule has 1 N–H and O–H groups in total. The maximum Gasteiger partial charge on any atom is 0.244 e. The Balaban J connectivity index is 2.29. The molecule has 0 fully saturated rings. The van der Waals surface area contributed by atoms with Crippen molar-refractivity contribution < 1.29 is 9.50 Å². The number of hydrogen-bond donors (Lipinski definition) is 1. The number of nitrogens with zero attached hydrogens (tertiary/aromatic N) is 1. The normalized spacial score (nSPS) is 19.8. The van der Waals surface area contributed by atoms with E-state index in [0.717, 1.165) is 11.1 Å². The minimum Gasteiger partial charge on any atom is -0.352 e. The SMILES string of the molecule is CN1C=CC(c2ccc(F)cc2)=[C+]C1O. The van der Waals surface area contributed by atoms with Crippen LogP contribution in [0.25, 0.3) is 5.57 Å². The highest BCUT2D eigenvalue weighted by Crippen LogP contribution is 2.20. The number of rotatable bonds is 1. The summed E-state index contributed by atoms with van der Waals surface area (Å²) in [6, 6.07) is 6.12. The van der Waals surface area contributed by atoms with Gasteiger partial charge in [-0.25, -0.2) is 4.39 Å². The second-order valence-corrected chi connectivity index (χ2v) is 3.42. The van der Waals surface area contributed by atoms with Gasteiger partial charge in [-0.2, -0.15) is 0 Å². The van der Waals surface area contributed by atoms with E-state index in [2.05, 4.69) is 6.08 Å². The van der Waals surface area contributed by atoms with Crippen molar-refractivity contribution in [2.24, 2.45) is 0 Å². The molecule has 0 amide bonds. The second kappa shape index (κ2) is 3.81. The molecule has 0 spiro atoms. The van der Waals surface area contributed by atoms with Crippen LogP contribution in [0, 0.1) is 11.9 Å². The van der Waals surface area contributed by atoms with Crippen LogP contribution in [0.4, 0.5) is 4.39 Å². The number of hydrogen-bond acceptors (Lipinski definition) is 2. The third-order valence-corrected chi connectivity index (χ3v) is 2.30. The average Bonchev–Trinajstić information content (AvgIpc) is 2.23. The lowest BCUT2D eigenvalue weighted by Gasteiger charge is -2.16. The van der Waals surface area contributed by atoms with E-state index in [0.29, 0.717) is 0 Å². The Morgan fingerprint density at radius 1 is 1.33 bits per heavy atom. The van der Waals surface area contributed by atoms with Gasteiger partial charge in [0, 0.05) is 19.2 Å². The van der Waals surface area contributed by atoms with Gasteiger partial charge in [-0.05, 0) is 12.1 Å². The van der Waals surface area contributed by atoms with Crippen LogP contribution in [0.5, 0.6) is 0 Å². The predicted octanol–water partition coefficient (Wildman–Crippen LogP) is 1.79. The molecular formula is C12H11FNO+. The number of halogens is 1. The molecule has 1 heterocycles.